The number of amides is 1. The summed E-state index contributed by atoms with van der Waals surface area (Å²) in [4.78, 5) is 11.8. The van der Waals surface area contributed by atoms with Crippen LogP contribution in [0.5, 0.6) is 0 Å². The second kappa shape index (κ2) is 4.44. The molecule has 1 saturated heterocycles. The first-order chi connectivity index (χ1) is 7.27. The smallest absolute Gasteiger partial charge is 0.225 e. The Morgan fingerprint density at radius 1 is 1.73 bits per heavy atom. The molecule has 0 radical (unpaired) electrons. The first-order valence-corrected chi connectivity index (χ1v) is 5.26. The Morgan fingerprint density at radius 2 is 2.60 bits per heavy atom. The Morgan fingerprint density at radius 3 is 3.20 bits per heavy atom. The summed E-state index contributed by atoms with van der Waals surface area (Å²) in [5, 5.41) is 12.8. The van der Waals surface area contributed by atoms with E-state index in [0.29, 0.717) is 6.54 Å². The van der Waals surface area contributed by atoms with Gasteiger partial charge in [0.1, 0.15) is 0 Å². The van der Waals surface area contributed by atoms with Crippen LogP contribution in [-0.2, 0) is 11.3 Å². The van der Waals surface area contributed by atoms with E-state index in [9.17, 15) is 4.79 Å². The fourth-order valence-corrected chi connectivity index (χ4v) is 1.91. The Bertz CT molecular complexity index is 322. The van der Waals surface area contributed by atoms with Crippen molar-refractivity contribution >= 4 is 5.91 Å². The number of nitrogens with zero attached hydrogens (tertiary/aromatic N) is 1. The molecule has 2 heterocycles. The molecule has 0 spiro atoms. The van der Waals surface area contributed by atoms with Gasteiger partial charge in [0.15, 0.2) is 0 Å². The molecule has 0 saturated carbocycles. The van der Waals surface area contributed by atoms with E-state index < -0.39 is 0 Å². The largest absolute Gasteiger partial charge is 0.350 e. The summed E-state index contributed by atoms with van der Waals surface area (Å²) < 4.78 is 0. The minimum atomic E-state index is 0.105. The molecule has 15 heavy (non-hydrogen) atoms. The zero-order valence-corrected chi connectivity index (χ0v) is 8.79. The van der Waals surface area contributed by atoms with E-state index in [4.69, 9.17) is 0 Å². The number of carbonyl (C=O) groups is 1. The summed E-state index contributed by atoms with van der Waals surface area (Å²) in [6.07, 6.45) is 2.61. The van der Waals surface area contributed by atoms with Crippen molar-refractivity contribution in [2.75, 3.05) is 6.54 Å². The molecule has 2 atom stereocenters. The maximum atomic E-state index is 11.8. The van der Waals surface area contributed by atoms with E-state index in [2.05, 4.69) is 20.8 Å². The standard InChI is InChI=1S/C10H16N4O/c1-7-9(3-4-11-7)10(15)12-6-8-2-5-13-14-8/h2,5,7,9,11H,3-4,6H2,1H3,(H,12,15)(H,13,14). The van der Waals surface area contributed by atoms with Gasteiger partial charge in [0, 0.05) is 12.2 Å². The summed E-state index contributed by atoms with van der Waals surface area (Å²) in [5.74, 6) is 0.232. The van der Waals surface area contributed by atoms with Crippen LogP contribution in [0, 0.1) is 5.92 Å². The van der Waals surface area contributed by atoms with Gasteiger partial charge in [-0.2, -0.15) is 5.10 Å². The molecule has 1 aromatic rings. The van der Waals surface area contributed by atoms with E-state index in [1.165, 1.54) is 0 Å². The van der Waals surface area contributed by atoms with Gasteiger partial charge < -0.3 is 10.6 Å². The number of aromatic amines is 1. The van der Waals surface area contributed by atoms with Gasteiger partial charge in [-0.05, 0) is 26.0 Å². The van der Waals surface area contributed by atoms with Crippen LogP contribution in [0.15, 0.2) is 12.3 Å². The Balaban J connectivity index is 1.82. The molecule has 2 unspecified atom stereocenters. The number of hydrogen-bond acceptors (Lipinski definition) is 3. The molecule has 1 amide bonds. The van der Waals surface area contributed by atoms with Crippen LogP contribution in [0.4, 0.5) is 0 Å². The van der Waals surface area contributed by atoms with E-state index in [0.717, 1.165) is 18.7 Å². The molecule has 2 rings (SSSR count). The number of nitrogens with one attached hydrogen (secondary N) is 3. The molecule has 0 bridgehead atoms. The van der Waals surface area contributed by atoms with E-state index >= 15 is 0 Å². The van der Waals surface area contributed by atoms with Crippen molar-refractivity contribution in [2.45, 2.75) is 25.9 Å². The number of hydrogen-bond donors (Lipinski definition) is 3. The first kappa shape index (κ1) is 10.2. The van der Waals surface area contributed by atoms with Crippen molar-refractivity contribution in [3.05, 3.63) is 18.0 Å². The van der Waals surface area contributed by atoms with Crippen LogP contribution in [0.2, 0.25) is 0 Å². The van der Waals surface area contributed by atoms with Gasteiger partial charge >= 0.3 is 0 Å². The van der Waals surface area contributed by atoms with Crippen molar-refractivity contribution in [3.63, 3.8) is 0 Å². The topological polar surface area (TPSA) is 69.8 Å². The Hall–Kier alpha value is -1.36. The highest BCUT2D eigenvalue weighted by Crippen LogP contribution is 2.14. The fourth-order valence-electron chi connectivity index (χ4n) is 1.91. The molecule has 5 nitrogen and oxygen atoms in total. The summed E-state index contributed by atoms with van der Waals surface area (Å²) in [7, 11) is 0. The third-order valence-electron chi connectivity index (χ3n) is 2.87. The quantitative estimate of drug-likeness (QED) is 0.656. The van der Waals surface area contributed by atoms with Crippen LogP contribution < -0.4 is 10.6 Å². The number of aromatic nitrogens is 2. The molecule has 1 fully saturated rings. The van der Waals surface area contributed by atoms with Gasteiger partial charge in [0.2, 0.25) is 5.91 Å². The van der Waals surface area contributed by atoms with Crippen LogP contribution in [0.3, 0.4) is 0 Å². The van der Waals surface area contributed by atoms with Crippen LogP contribution >= 0.6 is 0 Å². The minimum Gasteiger partial charge on any atom is -0.350 e. The molecule has 82 valence electrons. The predicted molar refractivity (Wildman–Crippen MR) is 56.0 cm³/mol. The highest BCUT2D eigenvalue weighted by atomic mass is 16.1. The summed E-state index contributed by atoms with van der Waals surface area (Å²) in [5.41, 5.74) is 0.932. The highest BCUT2D eigenvalue weighted by Gasteiger charge is 2.28. The lowest BCUT2D eigenvalue weighted by molar-refractivity contribution is -0.125. The molecule has 1 aromatic heterocycles. The van der Waals surface area contributed by atoms with Gasteiger partial charge in [-0.15, -0.1) is 0 Å². The van der Waals surface area contributed by atoms with Crippen LogP contribution in [0.1, 0.15) is 19.0 Å². The Kier molecular flexibility index (Phi) is 3.01. The average Bonchev–Trinajstić information content (AvgIpc) is 2.84. The summed E-state index contributed by atoms with van der Waals surface area (Å²) in [6, 6.07) is 2.14. The predicted octanol–water partition coefficient (Wildman–Crippen LogP) is 0.0239. The summed E-state index contributed by atoms with van der Waals surface area (Å²) >= 11 is 0. The molecular weight excluding hydrogens is 192 g/mol. The number of rotatable bonds is 3. The van der Waals surface area contributed by atoms with Crippen molar-refractivity contribution in [1.29, 1.82) is 0 Å². The zero-order valence-electron chi connectivity index (χ0n) is 8.79. The first-order valence-electron chi connectivity index (χ1n) is 5.26. The maximum absolute atomic E-state index is 11.8. The average molecular weight is 208 g/mol. The van der Waals surface area contributed by atoms with Gasteiger partial charge in [-0.1, -0.05) is 0 Å². The molecule has 1 aliphatic rings. The van der Waals surface area contributed by atoms with Crippen molar-refractivity contribution < 1.29 is 4.79 Å². The van der Waals surface area contributed by atoms with Gasteiger partial charge in [0.25, 0.3) is 0 Å². The van der Waals surface area contributed by atoms with Crippen molar-refractivity contribution in [1.82, 2.24) is 20.8 Å². The lowest BCUT2D eigenvalue weighted by atomic mass is 10.0. The van der Waals surface area contributed by atoms with Crippen molar-refractivity contribution in [2.24, 2.45) is 5.92 Å². The van der Waals surface area contributed by atoms with Gasteiger partial charge in [-0.3, -0.25) is 9.89 Å². The Labute approximate surface area is 88.6 Å². The third kappa shape index (κ3) is 2.36. The number of carbonyl (C=O) groups excluding carboxylic acids is 1. The van der Waals surface area contributed by atoms with Crippen LogP contribution in [0.25, 0.3) is 0 Å². The second-order valence-electron chi connectivity index (χ2n) is 3.94. The van der Waals surface area contributed by atoms with E-state index in [1.54, 1.807) is 6.20 Å². The fraction of sp³-hybridized carbons (Fsp3) is 0.600. The molecule has 0 aromatic carbocycles. The number of H-pyrrole nitrogens is 1. The van der Waals surface area contributed by atoms with Crippen LogP contribution in [-0.4, -0.2) is 28.7 Å². The molecule has 3 N–H and O–H groups in total. The van der Waals surface area contributed by atoms with Gasteiger partial charge in [-0.25, -0.2) is 0 Å². The SMILES string of the molecule is CC1NCCC1C(=O)NCc1ccn[nH]1. The monoisotopic (exact) mass is 208 g/mol. The lowest BCUT2D eigenvalue weighted by Crippen LogP contribution is -2.36. The third-order valence-corrected chi connectivity index (χ3v) is 2.87. The molecular formula is C10H16N4O. The minimum absolute atomic E-state index is 0.105. The van der Waals surface area contributed by atoms with Gasteiger partial charge in [0.05, 0.1) is 18.2 Å². The highest BCUT2D eigenvalue weighted by molar-refractivity contribution is 5.79. The molecule has 5 heteroatoms. The van der Waals surface area contributed by atoms with E-state index in [1.807, 2.05) is 13.0 Å². The maximum Gasteiger partial charge on any atom is 0.225 e. The van der Waals surface area contributed by atoms with E-state index in [-0.39, 0.29) is 17.9 Å². The lowest BCUT2D eigenvalue weighted by Gasteiger charge is -2.14. The zero-order chi connectivity index (χ0) is 10.7. The second-order valence-corrected chi connectivity index (χ2v) is 3.94. The normalized spacial score (nSPS) is 25.4. The van der Waals surface area contributed by atoms with Crippen molar-refractivity contribution in [3.8, 4) is 0 Å². The molecule has 1 aliphatic heterocycles. The molecule has 0 aliphatic carbocycles. The summed E-state index contributed by atoms with van der Waals surface area (Å²) in [6.45, 7) is 3.51.